The lowest BCUT2D eigenvalue weighted by molar-refractivity contribution is 1.25. The first-order valence-electron chi connectivity index (χ1n) is 16.1. The van der Waals surface area contributed by atoms with Crippen molar-refractivity contribution in [2.75, 3.05) is 0 Å². The van der Waals surface area contributed by atoms with Gasteiger partial charge in [-0.1, -0.05) is 127 Å². The van der Waals surface area contributed by atoms with E-state index in [1.807, 2.05) is 42.5 Å². The third kappa shape index (κ3) is 4.97. The van der Waals surface area contributed by atoms with Gasteiger partial charge in [0.05, 0.1) is 39.3 Å². The first-order valence-corrected chi connectivity index (χ1v) is 16.1. The van der Waals surface area contributed by atoms with Crippen molar-refractivity contribution in [2.24, 2.45) is 0 Å². The fraction of sp³-hybridized carbons (Fsp3) is 0. The van der Waals surface area contributed by atoms with Crippen molar-refractivity contribution in [3.8, 4) is 56.2 Å². The van der Waals surface area contributed by atoms with Gasteiger partial charge in [0.2, 0.25) is 0 Å². The van der Waals surface area contributed by atoms with Crippen LogP contribution in [0.2, 0.25) is 0 Å². The highest BCUT2D eigenvalue weighted by Crippen LogP contribution is 2.38. The number of fused-ring (bicyclic) bond motifs is 4. The average molecular weight is 613 g/mol. The van der Waals surface area contributed by atoms with E-state index < -0.39 is 0 Å². The third-order valence-electron chi connectivity index (χ3n) is 8.94. The van der Waals surface area contributed by atoms with E-state index in [2.05, 4.69) is 126 Å². The molecule has 224 valence electrons. The number of nitrogens with zero attached hydrogens (tertiary/aromatic N) is 4. The zero-order valence-corrected chi connectivity index (χ0v) is 26.0. The number of benzene rings is 5. The molecule has 0 atom stereocenters. The topological polar surface area (TPSA) is 51.6 Å². The Morgan fingerprint density at radius 2 is 0.938 bits per heavy atom. The average Bonchev–Trinajstić information content (AvgIpc) is 3.17. The van der Waals surface area contributed by atoms with Gasteiger partial charge in [0.15, 0.2) is 0 Å². The van der Waals surface area contributed by atoms with Crippen molar-refractivity contribution in [3.05, 3.63) is 170 Å². The molecule has 0 bridgehead atoms. The first kappa shape index (κ1) is 27.8. The predicted molar refractivity (Wildman–Crippen MR) is 197 cm³/mol. The Kier molecular flexibility index (Phi) is 6.76. The van der Waals surface area contributed by atoms with Crippen LogP contribution in [0.1, 0.15) is 0 Å². The summed E-state index contributed by atoms with van der Waals surface area (Å²) in [6, 6.07) is 56.7. The molecule has 48 heavy (non-hydrogen) atoms. The molecular formula is C44H28N4. The molecule has 0 aliphatic heterocycles. The van der Waals surface area contributed by atoms with Gasteiger partial charge in [-0.2, -0.15) is 0 Å². The molecule has 0 fully saturated rings. The zero-order chi connectivity index (χ0) is 31.9. The maximum Gasteiger partial charge on any atom is 0.0978 e. The molecular weight excluding hydrogens is 585 g/mol. The van der Waals surface area contributed by atoms with Crippen LogP contribution in [0.25, 0.3) is 88.9 Å². The van der Waals surface area contributed by atoms with E-state index >= 15 is 0 Å². The number of rotatable bonds is 5. The van der Waals surface area contributed by atoms with E-state index in [-0.39, 0.29) is 0 Å². The molecule has 0 aliphatic carbocycles. The summed E-state index contributed by atoms with van der Waals surface area (Å²) in [6.07, 6.45) is 1.79. The third-order valence-corrected chi connectivity index (χ3v) is 8.94. The number of pyridine rings is 4. The number of hydrogen-bond donors (Lipinski definition) is 0. The molecule has 4 aromatic heterocycles. The minimum atomic E-state index is 0.854. The summed E-state index contributed by atoms with van der Waals surface area (Å²) in [5, 5.41) is 3.28. The fourth-order valence-corrected chi connectivity index (χ4v) is 6.53. The van der Waals surface area contributed by atoms with E-state index in [0.717, 1.165) is 72.2 Å². The van der Waals surface area contributed by atoms with Crippen LogP contribution in [0.4, 0.5) is 0 Å². The van der Waals surface area contributed by atoms with E-state index in [4.69, 9.17) is 15.0 Å². The molecule has 4 heteroatoms. The summed E-state index contributed by atoms with van der Waals surface area (Å²) in [4.78, 5) is 19.8. The monoisotopic (exact) mass is 612 g/mol. The van der Waals surface area contributed by atoms with Gasteiger partial charge in [0, 0.05) is 39.0 Å². The zero-order valence-electron chi connectivity index (χ0n) is 26.0. The number of aromatic nitrogens is 4. The summed E-state index contributed by atoms with van der Waals surface area (Å²) < 4.78 is 0. The van der Waals surface area contributed by atoms with Gasteiger partial charge in [-0.15, -0.1) is 0 Å². The molecule has 0 N–H and O–H groups in total. The maximum atomic E-state index is 5.24. The van der Waals surface area contributed by atoms with Crippen molar-refractivity contribution >= 4 is 32.7 Å². The van der Waals surface area contributed by atoms with Crippen LogP contribution in [0.5, 0.6) is 0 Å². The standard InChI is InChI=1S/C44H28N4/c1-2-9-29(10-3-1)30-16-22-33(23-17-30)42-35-11-4-5-12-39(35)48-44-36(42)26-24-34-25-27-38(47-43(34)44)32-20-18-31(19-21-32)37-14-8-15-41(46-37)40-13-6-7-28-45-40/h1-28H. The van der Waals surface area contributed by atoms with Crippen LogP contribution in [-0.4, -0.2) is 19.9 Å². The van der Waals surface area contributed by atoms with Crippen molar-refractivity contribution < 1.29 is 0 Å². The summed E-state index contributed by atoms with van der Waals surface area (Å²) >= 11 is 0. The van der Waals surface area contributed by atoms with Gasteiger partial charge in [0.1, 0.15) is 0 Å². The molecule has 4 heterocycles. The lowest BCUT2D eigenvalue weighted by atomic mass is 9.93. The van der Waals surface area contributed by atoms with E-state index in [1.54, 1.807) is 6.20 Å². The smallest absolute Gasteiger partial charge is 0.0978 e. The highest BCUT2D eigenvalue weighted by molar-refractivity contribution is 6.16. The van der Waals surface area contributed by atoms with Gasteiger partial charge in [0.25, 0.3) is 0 Å². The minimum absolute atomic E-state index is 0.854. The highest BCUT2D eigenvalue weighted by Gasteiger charge is 2.15. The van der Waals surface area contributed by atoms with Crippen LogP contribution in [0, 0.1) is 0 Å². The molecule has 0 spiro atoms. The van der Waals surface area contributed by atoms with Crippen molar-refractivity contribution in [2.45, 2.75) is 0 Å². The second-order valence-corrected chi connectivity index (χ2v) is 11.9. The Balaban J connectivity index is 1.13. The van der Waals surface area contributed by atoms with Crippen LogP contribution in [-0.2, 0) is 0 Å². The van der Waals surface area contributed by atoms with E-state index in [9.17, 15) is 0 Å². The number of para-hydroxylation sites is 1. The van der Waals surface area contributed by atoms with Crippen LogP contribution < -0.4 is 0 Å². The maximum absolute atomic E-state index is 5.24. The van der Waals surface area contributed by atoms with Crippen LogP contribution >= 0.6 is 0 Å². The van der Waals surface area contributed by atoms with Crippen molar-refractivity contribution in [1.29, 1.82) is 0 Å². The highest BCUT2D eigenvalue weighted by atomic mass is 14.8. The lowest BCUT2D eigenvalue weighted by Crippen LogP contribution is -1.93. The van der Waals surface area contributed by atoms with E-state index in [0.29, 0.717) is 0 Å². The van der Waals surface area contributed by atoms with Crippen LogP contribution in [0.15, 0.2) is 170 Å². The predicted octanol–water partition coefficient (Wildman–Crippen LogP) is 11.1. The Hall–Kier alpha value is -6.52. The molecule has 0 unspecified atom stereocenters. The van der Waals surface area contributed by atoms with Crippen molar-refractivity contribution in [3.63, 3.8) is 0 Å². The molecule has 4 nitrogen and oxygen atoms in total. The Labute approximate surface area is 278 Å². The molecule has 9 rings (SSSR count). The van der Waals surface area contributed by atoms with Gasteiger partial charge in [-0.05, 0) is 53.1 Å². The summed E-state index contributed by atoms with van der Waals surface area (Å²) in [7, 11) is 0. The van der Waals surface area contributed by atoms with Gasteiger partial charge in [-0.25, -0.2) is 15.0 Å². The van der Waals surface area contributed by atoms with E-state index in [1.165, 1.54) is 16.7 Å². The van der Waals surface area contributed by atoms with Crippen molar-refractivity contribution in [1.82, 2.24) is 19.9 Å². The second-order valence-electron chi connectivity index (χ2n) is 11.9. The Morgan fingerprint density at radius 3 is 1.73 bits per heavy atom. The van der Waals surface area contributed by atoms with Gasteiger partial charge < -0.3 is 0 Å². The summed E-state index contributed by atoms with van der Waals surface area (Å²) in [5.74, 6) is 0. The van der Waals surface area contributed by atoms with Gasteiger partial charge in [-0.3, -0.25) is 4.98 Å². The second kappa shape index (κ2) is 11.7. The lowest BCUT2D eigenvalue weighted by Gasteiger charge is -2.14. The Bertz CT molecular complexity index is 2580. The quantitative estimate of drug-likeness (QED) is 0.143. The SMILES string of the molecule is c1ccc(-c2ccc(-c3c4ccccc4nc4c3ccc3ccc(-c5ccc(-c6cccc(-c7ccccn7)n6)cc5)nc34)cc2)cc1. The summed E-state index contributed by atoms with van der Waals surface area (Å²) in [6.45, 7) is 0. The molecule has 5 aromatic carbocycles. The van der Waals surface area contributed by atoms with Gasteiger partial charge >= 0.3 is 0 Å². The largest absolute Gasteiger partial charge is 0.255 e. The molecule has 0 saturated carbocycles. The normalized spacial score (nSPS) is 11.3. The number of hydrogen-bond acceptors (Lipinski definition) is 4. The minimum Gasteiger partial charge on any atom is -0.255 e. The van der Waals surface area contributed by atoms with Crippen LogP contribution in [0.3, 0.4) is 0 Å². The Morgan fingerprint density at radius 1 is 0.312 bits per heavy atom. The molecule has 0 radical (unpaired) electrons. The molecule has 0 saturated heterocycles. The molecule has 0 amide bonds. The first-order chi connectivity index (χ1) is 23.8. The molecule has 9 aromatic rings. The molecule has 0 aliphatic rings. The fourth-order valence-electron chi connectivity index (χ4n) is 6.53. The summed E-state index contributed by atoms with van der Waals surface area (Å²) in [5.41, 5.74) is 13.1.